The molecule has 0 aliphatic heterocycles. The first-order chi connectivity index (χ1) is 8.74. The molecule has 0 bridgehead atoms. The van der Waals surface area contributed by atoms with Crippen molar-refractivity contribution in [3.63, 3.8) is 0 Å². The Bertz CT molecular complexity index is 399. The van der Waals surface area contributed by atoms with E-state index in [0.29, 0.717) is 12.0 Å². The number of alkyl halides is 1. The molecule has 4 heteroatoms. The van der Waals surface area contributed by atoms with Crippen LogP contribution in [0, 0.1) is 5.92 Å². The van der Waals surface area contributed by atoms with Gasteiger partial charge in [-0.15, -0.1) is 11.6 Å². The monoisotopic (exact) mass is 331 g/mol. The third-order valence-corrected chi connectivity index (χ3v) is 4.54. The number of nitrogens with one attached hydrogen (secondary N) is 1. The number of halogens is 2. The standard InChI is InChI=1S/C14H19BrClNO/c1-18-14-6-5-12(15)7-11(14)9-17-13-4-2-3-10(13)8-16/h5-7,10,13,17H,2-4,8-9H2,1H3. The zero-order valence-electron chi connectivity index (χ0n) is 10.6. The number of methoxy groups -OCH3 is 1. The van der Waals surface area contributed by atoms with Gasteiger partial charge >= 0.3 is 0 Å². The van der Waals surface area contributed by atoms with Crippen molar-refractivity contribution in [3.05, 3.63) is 28.2 Å². The van der Waals surface area contributed by atoms with Gasteiger partial charge in [-0.25, -0.2) is 0 Å². The summed E-state index contributed by atoms with van der Waals surface area (Å²) in [5.41, 5.74) is 1.19. The molecule has 0 radical (unpaired) electrons. The Morgan fingerprint density at radius 3 is 3.00 bits per heavy atom. The van der Waals surface area contributed by atoms with Gasteiger partial charge in [-0.1, -0.05) is 22.4 Å². The number of ether oxygens (including phenoxy) is 1. The zero-order chi connectivity index (χ0) is 13.0. The van der Waals surface area contributed by atoms with E-state index < -0.39 is 0 Å². The van der Waals surface area contributed by atoms with Crippen molar-refractivity contribution < 1.29 is 4.74 Å². The lowest BCUT2D eigenvalue weighted by molar-refractivity contribution is 0.396. The predicted molar refractivity (Wildman–Crippen MR) is 79.4 cm³/mol. The first-order valence-electron chi connectivity index (χ1n) is 6.36. The van der Waals surface area contributed by atoms with Crippen LogP contribution in [0.3, 0.4) is 0 Å². The van der Waals surface area contributed by atoms with E-state index in [1.807, 2.05) is 12.1 Å². The van der Waals surface area contributed by atoms with Crippen LogP contribution >= 0.6 is 27.5 Å². The van der Waals surface area contributed by atoms with Crippen LogP contribution in [0.5, 0.6) is 5.75 Å². The summed E-state index contributed by atoms with van der Waals surface area (Å²) >= 11 is 9.50. The summed E-state index contributed by atoms with van der Waals surface area (Å²) in [6, 6.07) is 6.65. The Morgan fingerprint density at radius 2 is 2.28 bits per heavy atom. The van der Waals surface area contributed by atoms with Crippen molar-refractivity contribution in [1.29, 1.82) is 0 Å². The van der Waals surface area contributed by atoms with Crippen LogP contribution < -0.4 is 10.1 Å². The van der Waals surface area contributed by atoms with Gasteiger partial charge in [0, 0.05) is 28.5 Å². The van der Waals surface area contributed by atoms with E-state index in [9.17, 15) is 0 Å². The average molecular weight is 333 g/mol. The molecule has 1 aromatic rings. The minimum atomic E-state index is 0.547. The molecular weight excluding hydrogens is 314 g/mol. The Labute approximate surface area is 122 Å². The van der Waals surface area contributed by atoms with Crippen LogP contribution in [-0.2, 0) is 6.54 Å². The van der Waals surface area contributed by atoms with E-state index >= 15 is 0 Å². The van der Waals surface area contributed by atoms with E-state index in [1.165, 1.54) is 24.8 Å². The highest BCUT2D eigenvalue weighted by Crippen LogP contribution is 2.28. The molecule has 18 heavy (non-hydrogen) atoms. The fourth-order valence-electron chi connectivity index (χ4n) is 2.62. The smallest absolute Gasteiger partial charge is 0.123 e. The SMILES string of the molecule is COc1ccc(Br)cc1CNC1CCCC1CCl. The van der Waals surface area contributed by atoms with Crippen LogP contribution in [0.25, 0.3) is 0 Å². The van der Waals surface area contributed by atoms with E-state index in [-0.39, 0.29) is 0 Å². The number of benzene rings is 1. The molecule has 100 valence electrons. The molecule has 2 atom stereocenters. The normalized spacial score (nSPS) is 23.3. The summed E-state index contributed by atoms with van der Waals surface area (Å²) in [6.07, 6.45) is 3.76. The number of hydrogen-bond acceptors (Lipinski definition) is 2. The molecule has 2 unspecified atom stereocenters. The van der Waals surface area contributed by atoms with Gasteiger partial charge in [-0.2, -0.15) is 0 Å². The van der Waals surface area contributed by atoms with Crippen LogP contribution in [0.4, 0.5) is 0 Å². The Kier molecular flexibility index (Phi) is 5.34. The third kappa shape index (κ3) is 3.40. The van der Waals surface area contributed by atoms with Gasteiger partial charge in [-0.05, 0) is 37.0 Å². The summed E-state index contributed by atoms with van der Waals surface area (Å²) in [5, 5.41) is 3.62. The highest BCUT2D eigenvalue weighted by atomic mass is 79.9. The minimum Gasteiger partial charge on any atom is -0.496 e. The topological polar surface area (TPSA) is 21.3 Å². The number of hydrogen-bond donors (Lipinski definition) is 1. The van der Waals surface area contributed by atoms with Gasteiger partial charge in [0.2, 0.25) is 0 Å². The quantitative estimate of drug-likeness (QED) is 0.824. The van der Waals surface area contributed by atoms with E-state index in [1.54, 1.807) is 7.11 Å². The fourth-order valence-corrected chi connectivity index (χ4v) is 3.39. The van der Waals surface area contributed by atoms with E-state index in [0.717, 1.165) is 22.6 Å². The molecule has 1 fully saturated rings. The van der Waals surface area contributed by atoms with Gasteiger partial charge in [0.1, 0.15) is 5.75 Å². The zero-order valence-corrected chi connectivity index (χ0v) is 12.9. The Morgan fingerprint density at radius 1 is 1.44 bits per heavy atom. The lowest BCUT2D eigenvalue weighted by Gasteiger charge is -2.19. The number of rotatable bonds is 5. The van der Waals surface area contributed by atoms with Gasteiger partial charge in [0.05, 0.1) is 7.11 Å². The van der Waals surface area contributed by atoms with Gasteiger partial charge in [0.25, 0.3) is 0 Å². The molecule has 0 aromatic heterocycles. The van der Waals surface area contributed by atoms with Crippen molar-refractivity contribution in [2.24, 2.45) is 5.92 Å². The summed E-state index contributed by atoms with van der Waals surface area (Å²) in [5.74, 6) is 2.31. The van der Waals surface area contributed by atoms with Crippen LogP contribution in [-0.4, -0.2) is 19.0 Å². The van der Waals surface area contributed by atoms with Crippen molar-refractivity contribution in [1.82, 2.24) is 5.32 Å². The second-order valence-electron chi connectivity index (χ2n) is 4.79. The molecule has 1 saturated carbocycles. The summed E-state index contributed by atoms with van der Waals surface area (Å²) in [6.45, 7) is 0.834. The van der Waals surface area contributed by atoms with Gasteiger partial charge in [-0.3, -0.25) is 0 Å². The second-order valence-corrected chi connectivity index (χ2v) is 6.01. The van der Waals surface area contributed by atoms with Crippen LogP contribution in [0.1, 0.15) is 24.8 Å². The van der Waals surface area contributed by atoms with Gasteiger partial charge < -0.3 is 10.1 Å². The average Bonchev–Trinajstić information content (AvgIpc) is 2.84. The molecule has 1 aromatic carbocycles. The first kappa shape index (κ1) is 14.2. The Hall–Kier alpha value is -0.250. The van der Waals surface area contributed by atoms with Crippen molar-refractivity contribution in [2.45, 2.75) is 31.8 Å². The van der Waals surface area contributed by atoms with E-state index in [2.05, 4.69) is 27.3 Å². The van der Waals surface area contributed by atoms with Gasteiger partial charge in [0.15, 0.2) is 0 Å². The molecule has 0 amide bonds. The van der Waals surface area contributed by atoms with E-state index in [4.69, 9.17) is 16.3 Å². The second kappa shape index (κ2) is 6.78. The molecule has 1 aliphatic rings. The highest BCUT2D eigenvalue weighted by molar-refractivity contribution is 9.10. The lowest BCUT2D eigenvalue weighted by atomic mass is 10.1. The minimum absolute atomic E-state index is 0.547. The molecule has 2 rings (SSSR count). The molecule has 1 N–H and O–H groups in total. The lowest BCUT2D eigenvalue weighted by Crippen LogP contribution is -2.32. The first-order valence-corrected chi connectivity index (χ1v) is 7.69. The summed E-state index contributed by atoms with van der Waals surface area (Å²) < 4.78 is 6.47. The van der Waals surface area contributed by atoms with Crippen LogP contribution in [0.15, 0.2) is 22.7 Å². The van der Waals surface area contributed by atoms with Crippen molar-refractivity contribution in [2.75, 3.05) is 13.0 Å². The maximum Gasteiger partial charge on any atom is 0.123 e. The molecular formula is C14H19BrClNO. The van der Waals surface area contributed by atoms with Crippen molar-refractivity contribution in [3.8, 4) is 5.75 Å². The third-order valence-electron chi connectivity index (χ3n) is 3.65. The summed E-state index contributed by atoms with van der Waals surface area (Å²) in [4.78, 5) is 0. The molecule has 0 spiro atoms. The Balaban J connectivity index is 1.99. The fraction of sp³-hybridized carbons (Fsp3) is 0.571. The maximum absolute atomic E-state index is 6.00. The largest absolute Gasteiger partial charge is 0.496 e. The van der Waals surface area contributed by atoms with Crippen molar-refractivity contribution >= 4 is 27.5 Å². The summed E-state index contributed by atoms with van der Waals surface area (Å²) in [7, 11) is 1.71. The molecule has 0 saturated heterocycles. The molecule has 1 aliphatic carbocycles. The maximum atomic E-state index is 6.00. The predicted octanol–water partition coefficient (Wildman–Crippen LogP) is 3.95. The molecule has 2 nitrogen and oxygen atoms in total. The molecule has 0 heterocycles. The van der Waals surface area contributed by atoms with Crippen LogP contribution in [0.2, 0.25) is 0 Å². The highest BCUT2D eigenvalue weighted by Gasteiger charge is 2.25.